The SMILES string of the molecule is CCOP(=O)(OCC)C1=CC[C@@H](C(=O)c2ccc(C(=O)c3cc(Cl)ccc3Cl)cc2)C=C1. The van der Waals surface area contributed by atoms with Crippen LogP contribution in [-0.4, -0.2) is 24.8 Å². The summed E-state index contributed by atoms with van der Waals surface area (Å²) in [5, 5.41) is 1.19. The summed E-state index contributed by atoms with van der Waals surface area (Å²) in [4.78, 5) is 25.7. The second kappa shape index (κ2) is 10.7. The molecule has 0 unspecified atom stereocenters. The Bertz CT molecular complexity index is 1110. The number of hydrogen-bond acceptors (Lipinski definition) is 5. The molecular weight excluding hydrogens is 470 g/mol. The number of benzene rings is 2. The van der Waals surface area contributed by atoms with Crippen LogP contribution in [0.2, 0.25) is 10.0 Å². The largest absolute Gasteiger partial charge is 0.360 e. The molecule has 0 radical (unpaired) electrons. The number of halogens is 2. The maximum Gasteiger partial charge on any atom is 0.360 e. The number of rotatable bonds is 9. The Balaban J connectivity index is 1.73. The van der Waals surface area contributed by atoms with E-state index < -0.39 is 13.5 Å². The third-order valence-corrected chi connectivity index (χ3v) is 7.66. The molecule has 0 heterocycles. The first-order chi connectivity index (χ1) is 15.3. The quantitative estimate of drug-likeness (QED) is 0.275. The second-order valence-electron chi connectivity index (χ2n) is 7.06. The van der Waals surface area contributed by atoms with E-state index in [4.69, 9.17) is 32.2 Å². The smallest absolute Gasteiger partial charge is 0.306 e. The van der Waals surface area contributed by atoms with Gasteiger partial charge in [0, 0.05) is 27.6 Å². The van der Waals surface area contributed by atoms with Crippen molar-refractivity contribution in [2.45, 2.75) is 20.3 Å². The van der Waals surface area contributed by atoms with Gasteiger partial charge in [-0.25, -0.2) is 0 Å². The number of allylic oxidation sites excluding steroid dienone is 4. The van der Waals surface area contributed by atoms with Gasteiger partial charge in [0.05, 0.1) is 23.6 Å². The number of carbonyl (C=O) groups excluding carboxylic acids is 2. The van der Waals surface area contributed by atoms with Gasteiger partial charge in [0.15, 0.2) is 11.6 Å². The molecule has 2 aromatic rings. The lowest BCUT2D eigenvalue weighted by atomic mass is 9.91. The fourth-order valence-corrected chi connectivity index (χ4v) is 5.39. The molecule has 0 aliphatic heterocycles. The molecule has 0 fully saturated rings. The van der Waals surface area contributed by atoms with Crippen molar-refractivity contribution in [2.24, 2.45) is 5.92 Å². The number of Topliss-reactive ketones (excluding diaryl/α,β-unsaturated/α-hetero) is 1. The predicted octanol–water partition coefficient (Wildman–Crippen LogP) is 7.13. The van der Waals surface area contributed by atoms with Crippen molar-refractivity contribution >= 4 is 42.4 Å². The van der Waals surface area contributed by atoms with Crippen LogP contribution >= 0.6 is 30.8 Å². The molecule has 0 saturated heterocycles. The Labute approximate surface area is 197 Å². The highest BCUT2D eigenvalue weighted by Crippen LogP contribution is 2.57. The minimum absolute atomic E-state index is 0.0982. The summed E-state index contributed by atoms with van der Waals surface area (Å²) in [6.07, 6.45) is 5.46. The van der Waals surface area contributed by atoms with E-state index in [1.807, 2.05) is 0 Å². The van der Waals surface area contributed by atoms with E-state index in [2.05, 4.69) is 0 Å². The molecule has 2 aromatic carbocycles. The fraction of sp³-hybridized carbons (Fsp3) is 0.250. The normalized spacial score (nSPS) is 16.0. The first-order valence-corrected chi connectivity index (χ1v) is 12.5. The molecule has 0 bridgehead atoms. The molecule has 1 atom stereocenters. The molecule has 0 spiro atoms. The van der Waals surface area contributed by atoms with E-state index in [9.17, 15) is 14.2 Å². The van der Waals surface area contributed by atoms with Crippen molar-refractivity contribution in [1.29, 1.82) is 0 Å². The lowest BCUT2D eigenvalue weighted by molar-refractivity contribution is 0.0943. The molecule has 0 aromatic heterocycles. The minimum Gasteiger partial charge on any atom is -0.306 e. The van der Waals surface area contributed by atoms with E-state index in [1.165, 1.54) is 6.07 Å². The average molecular weight is 493 g/mol. The maximum absolute atomic E-state index is 12.9. The molecule has 1 aliphatic carbocycles. The highest BCUT2D eigenvalue weighted by atomic mass is 35.5. The van der Waals surface area contributed by atoms with Crippen LogP contribution in [0, 0.1) is 5.92 Å². The second-order valence-corrected chi connectivity index (χ2v) is 9.93. The summed E-state index contributed by atoms with van der Waals surface area (Å²) in [6.45, 7) is 4.02. The Kier molecular flexibility index (Phi) is 8.26. The molecule has 8 heteroatoms. The van der Waals surface area contributed by atoms with Crippen molar-refractivity contribution in [3.63, 3.8) is 0 Å². The average Bonchev–Trinajstić information content (AvgIpc) is 2.80. The van der Waals surface area contributed by atoms with Gasteiger partial charge in [0.2, 0.25) is 0 Å². The monoisotopic (exact) mass is 492 g/mol. The summed E-state index contributed by atoms with van der Waals surface area (Å²) >= 11 is 12.1. The van der Waals surface area contributed by atoms with Crippen molar-refractivity contribution < 1.29 is 23.2 Å². The van der Waals surface area contributed by atoms with Gasteiger partial charge in [0.1, 0.15) is 0 Å². The molecule has 0 amide bonds. The van der Waals surface area contributed by atoms with E-state index in [-0.39, 0.29) is 24.8 Å². The van der Waals surface area contributed by atoms with Gasteiger partial charge >= 0.3 is 7.60 Å². The standard InChI is InChI=1S/C24H23Cl2O5P/c1-3-30-32(29,31-4-2)20-12-9-17(10-13-20)23(27)16-5-7-18(8-6-16)24(28)21-15-19(25)11-14-22(21)26/h5-9,11-15,17H,3-4,10H2,1-2H3/t17-/m0/s1. The van der Waals surface area contributed by atoms with Crippen LogP contribution in [0.5, 0.6) is 0 Å². The molecule has 1 aliphatic rings. The van der Waals surface area contributed by atoms with Crippen LogP contribution in [0.3, 0.4) is 0 Å². The van der Waals surface area contributed by atoms with Gasteiger partial charge in [-0.15, -0.1) is 0 Å². The number of ketones is 2. The third-order valence-electron chi connectivity index (χ3n) is 4.94. The highest BCUT2D eigenvalue weighted by Gasteiger charge is 2.31. The summed E-state index contributed by atoms with van der Waals surface area (Å²) < 4.78 is 23.6. The van der Waals surface area contributed by atoms with Crippen LogP contribution in [0.4, 0.5) is 0 Å². The highest BCUT2D eigenvalue weighted by molar-refractivity contribution is 7.58. The summed E-state index contributed by atoms with van der Waals surface area (Å²) in [6, 6.07) is 11.1. The Morgan fingerprint density at radius 1 is 1.00 bits per heavy atom. The van der Waals surface area contributed by atoms with Crippen LogP contribution in [0.15, 0.2) is 66.0 Å². The maximum atomic E-state index is 12.9. The minimum atomic E-state index is -3.37. The molecule has 32 heavy (non-hydrogen) atoms. The van der Waals surface area contributed by atoms with Gasteiger partial charge < -0.3 is 9.05 Å². The summed E-state index contributed by atoms with van der Waals surface area (Å²) in [7, 11) is -3.37. The lowest BCUT2D eigenvalue weighted by Crippen LogP contribution is -2.14. The third kappa shape index (κ3) is 5.48. The lowest BCUT2D eigenvalue weighted by Gasteiger charge is -2.21. The number of carbonyl (C=O) groups is 2. The predicted molar refractivity (Wildman–Crippen MR) is 127 cm³/mol. The van der Waals surface area contributed by atoms with Crippen molar-refractivity contribution in [3.05, 3.63) is 92.7 Å². The first kappa shape index (κ1) is 24.6. The zero-order valence-corrected chi connectivity index (χ0v) is 20.1. The Morgan fingerprint density at radius 2 is 1.62 bits per heavy atom. The van der Waals surface area contributed by atoms with Gasteiger partial charge in [-0.05, 0) is 38.5 Å². The molecule has 5 nitrogen and oxygen atoms in total. The van der Waals surface area contributed by atoms with E-state index in [1.54, 1.807) is 68.5 Å². The fourth-order valence-electron chi connectivity index (χ4n) is 3.36. The molecule has 168 valence electrons. The zero-order valence-electron chi connectivity index (χ0n) is 17.7. The molecule has 0 saturated carbocycles. The van der Waals surface area contributed by atoms with Crippen molar-refractivity contribution in [2.75, 3.05) is 13.2 Å². The van der Waals surface area contributed by atoms with E-state index >= 15 is 0 Å². The molecule has 3 rings (SSSR count). The van der Waals surface area contributed by atoms with Crippen molar-refractivity contribution in [3.8, 4) is 0 Å². The van der Waals surface area contributed by atoms with Crippen LogP contribution in [0.25, 0.3) is 0 Å². The van der Waals surface area contributed by atoms with Crippen LogP contribution < -0.4 is 0 Å². The summed E-state index contributed by atoms with van der Waals surface area (Å²) in [5.41, 5.74) is 1.18. The van der Waals surface area contributed by atoms with Gasteiger partial charge in [-0.3, -0.25) is 14.2 Å². The van der Waals surface area contributed by atoms with Gasteiger partial charge in [0.25, 0.3) is 0 Å². The Hall–Kier alpha value is -2.01. The van der Waals surface area contributed by atoms with Gasteiger partial charge in [-0.2, -0.15) is 0 Å². The van der Waals surface area contributed by atoms with Crippen LogP contribution in [0.1, 0.15) is 46.5 Å². The van der Waals surface area contributed by atoms with Crippen molar-refractivity contribution in [1.82, 2.24) is 0 Å². The molecular formula is C24H23Cl2O5P. The zero-order chi connectivity index (χ0) is 23.3. The topological polar surface area (TPSA) is 69.7 Å². The van der Waals surface area contributed by atoms with Crippen LogP contribution in [-0.2, 0) is 13.6 Å². The number of hydrogen-bond donors (Lipinski definition) is 0. The van der Waals surface area contributed by atoms with E-state index in [0.717, 1.165) is 0 Å². The van der Waals surface area contributed by atoms with E-state index in [0.29, 0.717) is 38.5 Å². The first-order valence-electron chi connectivity index (χ1n) is 10.2. The Morgan fingerprint density at radius 3 is 2.19 bits per heavy atom. The summed E-state index contributed by atoms with van der Waals surface area (Å²) in [5.74, 6) is -0.775. The molecule has 0 N–H and O–H groups in total. The van der Waals surface area contributed by atoms with Gasteiger partial charge in [-0.1, -0.05) is 65.7 Å².